The minimum atomic E-state index is -0.826. The molecule has 102 valence electrons. The molecule has 1 atom stereocenters. The van der Waals surface area contributed by atoms with Crippen LogP contribution >= 0.6 is 17.0 Å². The van der Waals surface area contributed by atoms with Gasteiger partial charge in [-0.05, 0) is 35.2 Å². The SMILES string of the molecule is CC1C=CC(C2(C(C)(C)C)CCCC2)=C1.[Cl][Zr][Cl]. The molecule has 1 saturated carbocycles. The van der Waals surface area contributed by atoms with Crippen molar-refractivity contribution in [3.8, 4) is 0 Å². The van der Waals surface area contributed by atoms with Crippen LogP contribution in [-0.4, -0.2) is 0 Å². The van der Waals surface area contributed by atoms with Crippen molar-refractivity contribution in [3.63, 3.8) is 0 Å². The van der Waals surface area contributed by atoms with Gasteiger partial charge in [0.05, 0.1) is 0 Å². The van der Waals surface area contributed by atoms with Gasteiger partial charge in [0.25, 0.3) is 0 Å². The fraction of sp³-hybridized carbons (Fsp3) is 0.733. The van der Waals surface area contributed by atoms with E-state index >= 15 is 0 Å². The van der Waals surface area contributed by atoms with E-state index < -0.39 is 20.8 Å². The second-order valence-electron chi connectivity index (χ2n) is 6.45. The zero-order valence-corrected chi connectivity index (χ0v) is 15.9. The van der Waals surface area contributed by atoms with Crippen LogP contribution in [0.4, 0.5) is 0 Å². The molecular formula is C15H24Cl2Zr. The average Bonchev–Trinajstić information content (AvgIpc) is 2.85. The topological polar surface area (TPSA) is 0 Å². The number of hydrogen-bond acceptors (Lipinski definition) is 0. The Labute approximate surface area is 131 Å². The van der Waals surface area contributed by atoms with Crippen LogP contribution in [0, 0.1) is 16.7 Å². The first kappa shape index (κ1) is 17.0. The van der Waals surface area contributed by atoms with E-state index in [2.05, 4.69) is 45.9 Å². The van der Waals surface area contributed by atoms with E-state index in [0.717, 1.165) is 0 Å². The van der Waals surface area contributed by atoms with Gasteiger partial charge >= 0.3 is 37.9 Å². The molecule has 0 nitrogen and oxygen atoms in total. The van der Waals surface area contributed by atoms with Gasteiger partial charge in [-0.25, -0.2) is 0 Å². The van der Waals surface area contributed by atoms with Gasteiger partial charge in [0.2, 0.25) is 0 Å². The molecule has 2 aliphatic rings. The zero-order chi connectivity index (χ0) is 13.8. The first-order valence-electron chi connectivity index (χ1n) is 6.74. The van der Waals surface area contributed by atoms with Crippen LogP contribution in [0.2, 0.25) is 0 Å². The van der Waals surface area contributed by atoms with Gasteiger partial charge in [-0.1, -0.05) is 58.8 Å². The van der Waals surface area contributed by atoms with E-state index in [4.69, 9.17) is 17.0 Å². The molecule has 0 aromatic rings. The molecule has 1 fully saturated rings. The molecule has 0 amide bonds. The van der Waals surface area contributed by atoms with Crippen LogP contribution in [0.5, 0.6) is 0 Å². The monoisotopic (exact) mass is 364 g/mol. The summed E-state index contributed by atoms with van der Waals surface area (Å²) in [5.74, 6) is 0.653. The molecule has 0 aromatic heterocycles. The first-order chi connectivity index (χ1) is 8.37. The van der Waals surface area contributed by atoms with E-state index in [1.54, 1.807) is 5.57 Å². The molecule has 0 aromatic carbocycles. The summed E-state index contributed by atoms with van der Waals surface area (Å²) in [4.78, 5) is 0. The standard InChI is InChI=1S/C15H24.2ClH.Zr/c1-12-7-8-13(11-12)15(14(2,3)4)9-5-6-10-15;;;/h7-8,11-12H,5-6,9-10H2,1-4H3;2*1H;/q;;;+2/p-2. The number of allylic oxidation sites excluding steroid dienone is 4. The molecule has 0 N–H and O–H groups in total. The van der Waals surface area contributed by atoms with Crippen molar-refractivity contribution < 1.29 is 20.8 Å². The summed E-state index contributed by atoms with van der Waals surface area (Å²) in [5.41, 5.74) is 2.50. The molecule has 3 heteroatoms. The molecule has 0 radical (unpaired) electrons. The van der Waals surface area contributed by atoms with E-state index in [9.17, 15) is 0 Å². The fourth-order valence-electron chi connectivity index (χ4n) is 3.42. The van der Waals surface area contributed by atoms with Gasteiger partial charge in [0, 0.05) is 0 Å². The van der Waals surface area contributed by atoms with Crippen molar-refractivity contribution in [3.05, 3.63) is 23.8 Å². The normalized spacial score (nSPS) is 25.4. The average molecular weight is 366 g/mol. The molecular weight excluding hydrogens is 342 g/mol. The van der Waals surface area contributed by atoms with Crippen molar-refractivity contribution in [1.82, 2.24) is 0 Å². The third kappa shape index (κ3) is 3.74. The molecule has 1 unspecified atom stereocenters. The minimum absolute atomic E-state index is 0.406. The Balaban J connectivity index is 0.000000492. The van der Waals surface area contributed by atoms with Crippen molar-refractivity contribution >= 4 is 17.0 Å². The number of halogens is 2. The van der Waals surface area contributed by atoms with Crippen molar-refractivity contribution in [2.75, 3.05) is 0 Å². The third-order valence-electron chi connectivity index (χ3n) is 4.47. The van der Waals surface area contributed by atoms with Crippen LogP contribution in [0.1, 0.15) is 53.4 Å². The quantitative estimate of drug-likeness (QED) is 0.526. The van der Waals surface area contributed by atoms with Gasteiger partial charge in [0.15, 0.2) is 0 Å². The van der Waals surface area contributed by atoms with E-state index in [1.807, 2.05) is 0 Å². The summed E-state index contributed by atoms with van der Waals surface area (Å²) in [5, 5.41) is 0. The number of rotatable bonds is 1. The fourth-order valence-corrected chi connectivity index (χ4v) is 3.42. The Kier molecular flexibility index (Phi) is 6.70. The van der Waals surface area contributed by atoms with Crippen LogP contribution < -0.4 is 0 Å². The van der Waals surface area contributed by atoms with Crippen LogP contribution in [0.3, 0.4) is 0 Å². The molecule has 2 rings (SSSR count). The summed E-state index contributed by atoms with van der Waals surface area (Å²) in [6.45, 7) is 9.52. The second kappa shape index (κ2) is 7.10. The predicted molar refractivity (Wildman–Crippen MR) is 78.4 cm³/mol. The molecule has 0 spiro atoms. The van der Waals surface area contributed by atoms with Crippen molar-refractivity contribution in [1.29, 1.82) is 0 Å². The van der Waals surface area contributed by atoms with E-state index in [1.165, 1.54) is 25.7 Å². The summed E-state index contributed by atoms with van der Waals surface area (Å²) >= 11 is -0.826. The summed E-state index contributed by atoms with van der Waals surface area (Å²) in [7, 11) is 9.87. The van der Waals surface area contributed by atoms with Gasteiger partial charge in [0.1, 0.15) is 0 Å². The maximum atomic E-state index is 4.93. The van der Waals surface area contributed by atoms with Crippen LogP contribution in [0.25, 0.3) is 0 Å². The van der Waals surface area contributed by atoms with Crippen molar-refractivity contribution in [2.45, 2.75) is 53.4 Å². The Bertz CT molecular complexity index is 320. The van der Waals surface area contributed by atoms with Gasteiger partial charge in [-0.15, -0.1) is 0 Å². The predicted octanol–water partition coefficient (Wildman–Crippen LogP) is 6.10. The van der Waals surface area contributed by atoms with Crippen LogP contribution in [-0.2, 0) is 20.8 Å². The van der Waals surface area contributed by atoms with Crippen LogP contribution in [0.15, 0.2) is 23.8 Å². The van der Waals surface area contributed by atoms with Gasteiger partial charge < -0.3 is 0 Å². The van der Waals surface area contributed by atoms with Gasteiger partial charge in [-0.2, -0.15) is 0 Å². The summed E-state index contributed by atoms with van der Waals surface area (Å²) < 4.78 is 0. The molecule has 0 bridgehead atoms. The Morgan fingerprint density at radius 2 is 1.72 bits per heavy atom. The van der Waals surface area contributed by atoms with E-state index in [-0.39, 0.29) is 0 Å². The third-order valence-corrected chi connectivity index (χ3v) is 4.47. The molecule has 2 aliphatic carbocycles. The molecule has 0 aliphatic heterocycles. The summed E-state index contributed by atoms with van der Waals surface area (Å²) in [6.07, 6.45) is 12.8. The first-order valence-corrected chi connectivity index (χ1v) is 13.1. The zero-order valence-electron chi connectivity index (χ0n) is 11.9. The molecule has 0 saturated heterocycles. The molecule has 18 heavy (non-hydrogen) atoms. The maximum absolute atomic E-state index is 4.93. The van der Waals surface area contributed by atoms with E-state index in [0.29, 0.717) is 16.7 Å². The Morgan fingerprint density at radius 3 is 2.06 bits per heavy atom. The van der Waals surface area contributed by atoms with Crippen molar-refractivity contribution in [2.24, 2.45) is 16.7 Å². The Hall–Kier alpha value is 0.943. The Morgan fingerprint density at radius 1 is 1.22 bits per heavy atom. The molecule has 0 heterocycles. The number of hydrogen-bond donors (Lipinski definition) is 0. The summed E-state index contributed by atoms with van der Waals surface area (Å²) in [6, 6.07) is 0. The second-order valence-corrected chi connectivity index (χ2v) is 10.2. The van der Waals surface area contributed by atoms with Gasteiger partial charge in [-0.3, -0.25) is 0 Å².